The number of amides is 1. The number of rotatable bonds is 4. The minimum Gasteiger partial charge on any atom is -0.508 e. The van der Waals surface area contributed by atoms with E-state index in [-0.39, 0.29) is 11.7 Å². The number of nitrogens with two attached hydrogens (primary N) is 1. The number of anilines is 1. The highest BCUT2D eigenvalue weighted by molar-refractivity contribution is 5.99. The van der Waals surface area contributed by atoms with Gasteiger partial charge in [0.15, 0.2) is 0 Å². The van der Waals surface area contributed by atoms with Crippen molar-refractivity contribution in [3.63, 3.8) is 0 Å². The van der Waals surface area contributed by atoms with Crippen LogP contribution in [0.4, 0.5) is 5.69 Å². The van der Waals surface area contributed by atoms with E-state index in [1.807, 2.05) is 0 Å². The van der Waals surface area contributed by atoms with Crippen LogP contribution in [-0.2, 0) is 0 Å². The van der Waals surface area contributed by atoms with Crippen LogP contribution in [0.3, 0.4) is 0 Å². The van der Waals surface area contributed by atoms with Gasteiger partial charge in [0.05, 0.1) is 5.56 Å². The molecule has 1 aromatic carbocycles. The van der Waals surface area contributed by atoms with Crippen LogP contribution in [0.1, 0.15) is 30.1 Å². The van der Waals surface area contributed by atoms with Crippen molar-refractivity contribution in [1.29, 1.82) is 0 Å². The quantitative estimate of drug-likeness (QED) is 0.563. The molecule has 5 nitrogen and oxygen atoms in total. The molecule has 0 radical (unpaired) electrons. The Balaban J connectivity index is 1.91. The Hall–Kier alpha value is -1.75. The number of nitrogens with zero attached hydrogens (tertiary/aromatic N) is 1. The Kier molecular flexibility index (Phi) is 4.27. The van der Waals surface area contributed by atoms with E-state index in [0.29, 0.717) is 23.8 Å². The summed E-state index contributed by atoms with van der Waals surface area (Å²) in [6, 6.07) is 4.73. The molecule has 5 heteroatoms. The lowest BCUT2D eigenvalue weighted by Gasteiger charge is -2.23. The largest absolute Gasteiger partial charge is 0.508 e. The third kappa shape index (κ3) is 3.38. The smallest absolute Gasteiger partial charge is 0.253 e. The molecule has 1 aliphatic rings. The van der Waals surface area contributed by atoms with Gasteiger partial charge in [-0.05, 0) is 51.1 Å². The highest BCUT2D eigenvalue weighted by Gasteiger charge is 2.19. The zero-order valence-electron chi connectivity index (χ0n) is 11.2. The number of nitrogen functional groups attached to an aromatic ring is 1. The summed E-state index contributed by atoms with van der Waals surface area (Å²) in [6.45, 7) is 4.90. The fourth-order valence-corrected chi connectivity index (χ4v) is 2.39. The van der Waals surface area contributed by atoms with Crippen molar-refractivity contribution in [3.05, 3.63) is 23.8 Å². The number of phenolic OH excluding ortho intramolecular Hbond substituents is 1. The first kappa shape index (κ1) is 13.7. The molecule has 1 atom stereocenters. The van der Waals surface area contributed by atoms with E-state index in [1.165, 1.54) is 31.0 Å². The Bertz CT molecular complexity index is 456. The topological polar surface area (TPSA) is 78.6 Å². The van der Waals surface area contributed by atoms with Crippen LogP contribution in [0, 0.1) is 0 Å². The SMILES string of the molecule is CC(CNC(=O)c1cc(O)ccc1N)N1CCCC1. The molecule has 1 amide bonds. The minimum atomic E-state index is -0.237. The monoisotopic (exact) mass is 263 g/mol. The predicted molar refractivity (Wildman–Crippen MR) is 75.1 cm³/mol. The average molecular weight is 263 g/mol. The van der Waals surface area contributed by atoms with Crippen LogP contribution in [0.25, 0.3) is 0 Å². The third-order valence-electron chi connectivity index (χ3n) is 3.60. The molecule has 0 aromatic heterocycles. The van der Waals surface area contributed by atoms with Crippen molar-refractivity contribution in [3.8, 4) is 5.75 Å². The van der Waals surface area contributed by atoms with Crippen molar-refractivity contribution < 1.29 is 9.90 Å². The first-order chi connectivity index (χ1) is 9.08. The Morgan fingerprint density at radius 1 is 1.47 bits per heavy atom. The van der Waals surface area contributed by atoms with E-state index in [2.05, 4.69) is 17.1 Å². The van der Waals surface area contributed by atoms with Crippen LogP contribution in [0.2, 0.25) is 0 Å². The predicted octanol–water partition coefficient (Wildman–Crippen LogP) is 1.19. The van der Waals surface area contributed by atoms with Gasteiger partial charge in [0, 0.05) is 18.3 Å². The first-order valence-electron chi connectivity index (χ1n) is 6.68. The lowest BCUT2D eigenvalue weighted by molar-refractivity contribution is 0.0941. The normalized spacial score (nSPS) is 17.3. The molecule has 0 saturated carbocycles. The molecule has 0 aliphatic carbocycles. The summed E-state index contributed by atoms with van der Waals surface area (Å²) in [6.07, 6.45) is 2.47. The van der Waals surface area contributed by atoms with Crippen molar-refractivity contribution in [2.45, 2.75) is 25.8 Å². The standard InChI is InChI=1S/C14H21N3O2/c1-10(17-6-2-3-7-17)9-16-14(19)12-8-11(18)4-5-13(12)15/h4-5,8,10,18H,2-3,6-7,9,15H2,1H3,(H,16,19). The summed E-state index contributed by atoms with van der Waals surface area (Å²) in [4.78, 5) is 14.4. The summed E-state index contributed by atoms with van der Waals surface area (Å²) < 4.78 is 0. The van der Waals surface area contributed by atoms with Gasteiger partial charge in [-0.15, -0.1) is 0 Å². The van der Waals surface area contributed by atoms with Crippen molar-refractivity contribution in [1.82, 2.24) is 10.2 Å². The van der Waals surface area contributed by atoms with E-state index in [9.17, 15) is 9.90 Å². The number of hydrogen-bond acceptors (Lipinski definition) is 4. The summed E-state index contributed by atoms with van der Waals surface area (Å²) in [5, 5.41) is 12.3. The Morgan fingerprint density at radius 2 is 2.16 bits per heavy atom. The summed E-state index contributed by atoms with van der Waals surface area (Å²) in [5.41, 5.74) is 6.44. The highest BCUT2D eigenvalue weighted by Crippen LogP contribution is 2.18. The molecule has 0 bridgehead atoms. The molecule has 1 heterocycles. The molecule has 1 aromatic rings. The average Bonchev–Trinajstić information content (AvgIpc) is 2.92. The van der Waals surface area contributed by atoms with Gasteiger partial charge < -0.3 is 16.2 Å². The molecular weight excluding hydrogens is 242 g/mol. The molecule has 1 unspecified atom stereocenters. The molecule has 104 valence electrons. The number of phenols is 1. The number of carbonyl (C=O) groups excluding carboxylic acids is 1. The van der Waals surface area contributed by atoms with Gasteiger partial charge in [-0.3, -0.25) is 9.69 Å². The van der Waals surface area contributed by atoms with Crippen molar-refractivity contribution in [2.24, 2.45) is 0 Å². The van der Waals surface area contributed by atoms with Gasteiger partial charge in [0.25, 0.3) is 5.91 Å². The van der Waals surface area contributed by atoms with Gasteiger partial charge in [-0.1, -0.05) is 0 Å². The van der Waals surface area contributed by atoms with Crippen LogP contribution >= 0.6 is 0 Å². The number of benzene rings is 1. The maximum Gasteiger partial charge on any atom is 0.253 e. The van der Waals surface area contributed by atoms with E-state index in [4.69, 9.17) is 5.73 Å². The van der Waals surface area contributed by atoms with E-state index < -0.39 is 0 Å². The lowest BCUT2D eigenvalue weighted by Crippen LogP contribution is -2.40. The molecule has 4 N–H and O–H groups in total. The molecule has 1 aliphatic heterocycles. The Labute approximate surface area is 113 Å². The summed E-state index contributed by atoms with van der Waals surface area (Å²) in [7, 11) is 0. The molecule has 19 heavy (non-hydrogen) atoms. The van der Waals surface area contributed by atoms with Gasteiger partial charge >= 0.3 is 0 Å². The van der Waals surface area contributed by atoms with E-state index >= 15 is 0 Å². The van der Waals surface area contributed by atoms with Gasteiger partial charge in [-0.2, -0.15) is 0 Å². The van der Waals surface area contributed by atoms with Gasteiger partial charge in [0.1, 0.15) is 5.75 Å². The summed E-state index contributed by atoms with van der Waals surface area (Å²) in [5.74, 6) is -0.189. The zero-order chi connectivity index (χ0) is 13.8. The number of hydrogen-bond donors (Lipinski definition) is 3. The van der Waals surface area contributed by atoms with Crippen molar-refractivity contribution >= 4 is 11.6 Å². The molecule has 2 rings (SSSR count). The first-order valence-corrected chi connectivity index (χ1v) is 6.68. The lowest BCUT2D eigenvalue weighted by atomic mass is 10.1. The number of nitrogens with one attached hydrogen (secondary N) is 1. The maximum atomic E-state index is 12.0. The second-order valence-electron chi connectivity index (χ2n) is 5.07. The van der Waals surface area contributed by atoms with Crippen LogP contribution in [0.5, 0.6) is 5.75 Å². The number of aromatic hydroxyl groups is 1. The number of carbonyl (C=O) groups is 1. The van der Waals surface area contributed by atoms with Crippen molar-refractivity contribution in [2.75, 3.05) is 25.4 Å². The van der Waals surface area contributed by atoms with Crippen LogP contribution in [0.15, 0.2) is 18.2 Å². The van der Waals surface area contributed by atoms with Gasteiger partial charge in [-0.25, -0.2) is 0 Å². The molecule has 0 spiro atoms. The van der Waals surface area contributed by atoms with E-state index in [0.717, 1.165) is 13.1 Å². The molecule has 1 saturated heterocycles. The van der Waals surface area contributed by atoms with E-state index in [1.54, 1.807) is 0 Å². The Morgan fingerprint density at radius 3 is 2.84 bits per heavy atom. The van der Waals surface area contributed by atoms with Gasteiger partial charge in [0.2, 0.25) is 0 Å². The van der Waals surface area contributed by atoms with Crippen LogP contribution in [-0.4, -0.2) is 41.6 Å². The molecular formula is C14H21N3O2. The zero-order valence-corrected chi connectivity index (χ0v) is 11.2. The number of likely N-dealkylation sites (tertiary alicyclic amines) is 1. The fourth-order valence-electron chi connectivity index (χ4n) is 2.39. The maximum absolute atomic E-state index is 12.0. The summed E-state index contributed by atoms with van der Waals surface area (Å²) >= 11 is 0. The molecule has 1 fully saturated rings. The third-order valence-corrected chi connectivity index (χ3v) is 3.60. The highest BCUT2D eigenvalue weighted by atomic mass is 16.3. The second-order valence-corrected chi connectivity index (χ2v) is 5.07. The minimum absolute atomic E-state index is 0.0481. The fraction of sp³-hybridized carbons (Fsp3) is 0.500. The second kappa shape index (κ2) is 5.93. The van der Waals surface area contributed by atoms with Crippen LogP contribution < -0.4 is 11.1 Å².